The summed E-state index contributed by atoms with van der Waals surface area (Å²) in [5.74, 6) is 0.441. The van der Waals surface area contributed by atoms with E-state index < -0.39 is 5.72 Å². The Morgan fingerprint density at radius 2 is 1.93 bits per heavy atom. The second-order valence-corrected chi connectivity index (χ2v) is 8.84. The summed E-state index contributed by atoms with van der Waals surface area (Å²) >= 11 is 10.00. The highest BCUT2D eigenvalue weighted by atomic mass is 79.9. The Morgan fingerprint density at radius 1 is 1.13 bits per heavy atom. The lowest BCUT2D eigenvalue weighted by molar-refractivity contribution is -0.161. The molecular formula is C23H15BrClN3O2. The van der Waals surface area contributed by atoms with Gasteiger partial charge in [-0.3, -0.25) is 4.79 Å². The molecule has 5 nitrogen and oxygen atoms in total. The summed E-state index contributed by atoms with van der Waals surface area (Å²) in [6.07, 6.45) is 0.627. The predicted octanol–water partition coefficient (Wildman–Crippen LogP) is 5.45. The van der Waals surface area contributed by atoms with Crippen molar-refractivity contribution < 1.29 is 9.53 Å². The molecule has 0 radical (unpaired) electrons. The number of nitrogens with zero attached hydrogens (tertiary/aromatic N) is 2. The van der Waals surface area contributed by atoms with Crippen LogP contribution in [0.25, 0.3) is 0 Å². The zero-order valence-electron chi connectivity index (χ0n) is 15.6. The third kappa shape index (κ3) is 2.35. The first-order valence-corrected chi connectivity index (χ1v) is 10.8. The minimum atomic E-state index is -1.37. The van der Waals surface area contributed by atoms with Gasteiger partial charge in [0.25, 0.3) is 5.91 Å². The number of ether oxygens (including phenoxy) is 1. The molecule has 0 unspecified atom stereocenters. The van der Waals surface area contributed by atoms with Crippen LogP contribution in [0.3, 0.4) is 0 Å². The van der Waals surface area contributed by atoms with E-state index in [1.54, 1.807) is 0 Å². The van der Waals surface area contributed by atoms with Crippen LogP contribution in [-0.4, -0.2) is 16.6 Å². The van der Waals surface area contributed by atoms with Gasteiger partial charge in [0.05, 0.1) is 23.0 Å². The Hall–Kier alpha value is -2.83. The maximum absolute atomic E-state index is 13.4. The molecule has 0 aliphatic carbocycles. The zero-order chi connectivity index (χ0) is 20.5. The van der Waals surface area contributed by atoms with Gasteiger partial charge in [-0.1, -0.05) is 63.9 Å². The van der Waals surface area contributed by atoms with E-state index in [0.717, 1.165) is 32.6 Å². The number of amides is 1. The molecule has 3 aliphatic rings. The van der Waals surface area contributed by atoms with Crippen LogP contribution in [0.5, 0.6) is 5.75 Å². The van der Waals surface area contributed by atoms with E-state index in [0.29, 0.717) is 17.2 Å². The second kappa shape index (κ2) is 6.33. The smallest absolute Gasteiger partial charge is 0.306 e. The van der Waals surface area contributed by atoms with Crippen molar-refractivity contribution in [3.63, 3.8) is 0 Å². The molecule has 3 aromatic rings. The number of hydrazone groups is 1. The molecule has 3 aliphatic heterocycles. The fourth-order valence-electron chi connectivity index (χ4n) is 4.52. The highest BCUT2D eigenvalue weighted by Crippen LogP contribution is 2.54. The predicted molar refractivity (Wildman–Crippen MR) is 119 cm³/mol. The number of carbonyl (C=O) groups is 1. The van der Waals surface area contributed by atoms with Gasteiger partial charge in [-0.05, 0) is 30.3 Å². The summed E-state index contributed by atoms with van der Waals surface area (Å²) < 4.78 is 7.32. The summed E-state index contributed by atoms with van der Waals surface area (Å²) in [6.45, 7) is 0. The van der Waals surface area contributed by atoms with Crippen molar-refractivity contribution >= 4 is 44.8 Å². The van der Waals surface area contributed by atoms with Crippen molar-refractivity contribution in [3.05, 3.63) is 92.9 Å². The van der Waals surface area contributed by atoms with Gasteiger partial charge in [-0.15, -0.1) is 0 Å². The van der Waals surface area contributed by atoms with Crippen LogP contribution in [0, 0.1) is 0 Å². The van der Waals surface area contributed by atoms with E-state index in [1.165, 1.54) is 0 Å². The van der Waals surface area contributed by atoms with Crippen LogP contribution in [0.4, 0.5) is 5.69 Å². The molecular weight excluding hydrogens is 466 g/mol. The Labute approximate surface area is 186 Å². The number of hydrogen-bond donors (Lipinski definition) is 1. The van der Waals surface area contributed by atoms with E-state index >= 15 is 0 Å². The van der Waals surface area contributed by atoms with Gasteiger partial charge in [-0.2, -0.15) is 5.10 Å². The van der Waals surface area contributed by atoms with Gasteiger partial charge < -0.3 is 10.1 Å². The molecule has 7 heteroatoms. The fourth-order valence-corrected chi connectivity index (χ4v) is 5.13. The molecule has 0 saturated heterocycles. The topological polar surface area (TPSA) is 53.9 Å². The van der Waals surface area contributed by atoms with Crippen LogP contribution in [-0.2, 0) is 10.5 Å². The lowest BCUT2D eigenvalue weighted by Crippen LogP contribution is -2.55. The van der Waals surface area contributed by atoms with Gasteiger partial charge in [0, 0.05) is 27.0 Å². The van der Waals surface area contributed by atoms with Gasteiger partial charge in [0.1, 0.15) is 5.75 Å². The molecule has 0 fully saturated rings. The fraction of sp³-hybridized carbons (Fsp3) is 0.130. The van der Waals surface area contributed by atoms with Gasteiger partial charge in [0.2, 0.25) is 0 Å². The quantitative estimate of drug-likeness (QED) is 0.504. The molecule has 30 heavy (non-hydrogen) atoms. The monoisotopic (exact) mass is 479 g/mol. The van der Waals surface area contributed by atoms with Crippen molar-refractivity contribution in [3.8, 4) is 5.75 Å². The number of para-hydroxylation sites is 1. The standard InChI is InChI=1S/C23H15BrClN3O2/c24-13-9-10-18-16(11-13)23(22(29)26-18)28-20(15-6-2-4-8-21(15)30-23)12-19(27-28)14-5-1-3-7-17(14)25/h1-11,20H,12H2,(H,26,29)/t20-,23+/m1/s1. The van der Waals surface area contributed by atoms with Crippen LogP contribution in [0.1, 0.15) is 29.2 Å². The first-order valence-electron chi connectivity index (χ1n) is 9.59. The summed E-state index contributed by atoms with van der Waals surface area (Å²) in [6, 6.07) is 21.0. The summed E-state index contributed by atoms with van der Waals surface area (Å²) in [5, 5.41) is 10.3. The molecule has 6 rings (SSSR count). The Bertz CT molecular complexity index is 1260. The average Bonchev–Trinajstić information content (AvgIpc) is 3.30. The molecule has 0 saturated carbocycles. The van der Waals surface area contributed by atoms with Crippen molar-refractivity contribution in [1.29, 1.82) is 0 Å². The highest BCUT2D eigenvalue weighted by Gasteiger charge is 2.60. The first-order chi connectivity index (χ1) is 14.6. The number of nitrogens with one attached hydrogen (secondary N) is 1. The van der Waals surface area contributed by atoms with Gasteiger partial charge in [0.15, 0.2) is 0 Å². The van der Waals surface area contributed by atoms with Crippen LogP contribution in [0.15, 0.2) is 76.3 Å². The molecule has 1 N–H and O–H groups in total. The van der Waals surface area contributed by atoms with Crippen LogP contribution in [0.2, 0.25) is 5.02 Å². The van der Waals surface area contributed by atoms with Crippen molar-refractivity contribution in [2.24, 2.45) is 5.10 Å². The minimum Gasteiger partial charge on any atom is -0.453 e. The zero-order valence-corrected chi connectivity index (χ0v) is 17.9. The maximum atomic E-state index is 13.4. The maximum Gasteiger partial charge on any atom is 0.306 e. The van der Waals surface area contributed by atoms with E-state index in [9.17, 15) is 4.79 Å². The molecule has 1 spiro atoms. The van der Waals surface area contributed by atoms with E-state index in [4.69, 9.17) is 21.4 Å². The molecule has 3 aromatic carbocycles. The Morgan fingerprint density at radius 3 is 2.80 bits per heavy atom. The molecule has 148 valence electrons. The van der Waals surface area contributed by atoms with E-state index in [-0.39, 0.29) is 11.9 Å². The number of rotatable bonds is 1. The van der Waals surface area contributed by atoms with Crippen LogP contribution < -0.4 is 10.1 Å². The number of carbonyl (C=O) groups excluding carboxylic acids is 1. The normalized spacial score (nSPS) is 23.4. The number of fused-ring (bicyclic) bond motifs is 6. The van der Waals surface area contributed by atoms with E-state index in [2.05, 4.69) is 21.2 Å². The van der Waals surface area contributed by atoms with Crippen LogP contribution >= 0.6 is 27.5 Å². The minimum absolute atomic E-state index is 0.142. The van der Waals surface area contributed by atoms with Gasteiger partial charge >= 0.3 is 5.72 Å². The lowest BCUT2D eigenvalue weighted by Gasteiger charge is -2.44. The summed E-state index contributed by atoms with van der Waals surface area (Å²) in [5.41, 5.74) is 2.80. The number of benzene rings is 3. The molecule has 2 atom stereocenters. The number of anilines is 1. The molecule has 3 heterocycles. The Kier molecular flexibility index (Phi) is 3.80. The lowest BCUT2D eigenvalue weighted by atomic mass is 9.92. The van der Waals surface area contributed by atoms with Crippen molar-refractivity contribution in [2.75, 3.05) is 5.32 Å². The van der Waals surface area contributed by atoms with E-state index in [1.807, 2.05) is 71.7 Å². The number of hydrogen-bond acceptors (Lipinski definition) is 4. The molecule has 1 amide bonds. The van der Waals surface area contributed by atoms with Crippen molar-refractivity contribution in [2.45, 2.75) is 18.2 Å². The first kappa shape index (κ1) is 18.0. The Balaban J connectivity index is 1.60. The SMILES string of the molecule is O=C1Nc2ccc(Br)cc2[C@]12Oc1ccccc1[C@H]1CC(c3ccccc3Cl)=NN12. The molecule has 0 bridgehead atoms. The highest BCUT2D eigenvalue weighted by molar-refractivity contribution is 9.10. The number of halogens is 2. The van der Waals surface area contributed by atoms with Gasteiger partial charge in [-0.25, -0.2) is 5.01 Å². The van der Waals surface area contributed by atoms with Crippen molar-refractivity contribution in [1.82, 2.24) is 5.01 Å². The largest absolute Gasteiger partial charge is 0.453 e. The average molecular weight is 481 g/mol. The third-order valence-electron chi connectivity index (χ3n) is 5.86. The summed E-state index contributed by atoms with van der Waals surface area (Å²) in [4.78, 5) is 13.4. The molecule has 0 aromatic heterocycles. The second-order valence-electron chi connectivity index (χ2n) is 7.52. The summed E-state index contributed by atoms with van der Waals surface area (Å²) in [7, 11) is 0. The third-order valence-corrected chi connectivity index (χ3v) is 6.68.